The van der Waals surface area contributed by atoms with E-state index in [2.05, 4.69) is 237 Å². The summed E-state index contributed by atoms with van der Waals surface area (Å²) in [7, 11) is 19.1. The molecule has 4 aliphatic rings. The molecule has 0 aromatic heterocycles. The van der Waals surface area contributed by atoms with Crippen LogP contribution in [0.5, 0.6) is 0 Å². The first-order valence-corrected chi connectivity index (χ1v) is 53.5. The summed E-state index contributed by atoms with van der Waals surface area (Å²) in [4.78, 5) is 71.4. The SMILES string of the molecule is BrC1=CC=CC1.CC.CC.CC.CC.CC.CC.CC.CC.CC.CC.CC.CC.CC.CC.CC(=O)N(C)C.CC(=O)N(C)C.CC(=O)N(C)C.CC(=O)N(C)C.CC(C)(N)c1ccccc1C1=CC=CC1.CN(C)C(C)(C)c1ccccc1C1=CC=CC1.COC(=O)NC(C)(C)c1ccccc1B(O)O.COC(=O)NC(C)(C)c1ccccc1C1=CC=CC1.II. The second-order valence-corrected chi connectivity index (χ2v) is 27.1. The standard InChI is InChI=1S/C16H19NO2.C16H21N.C14H17N.C11H16BNO4.C5H5Br.4C4H9NO.14C2H6.I2/c1-16(2,17-15(18)19-3)14-11-7-6-10-13(14)12-8-4-5-9-12;1-16(2,17(3)4)15-12-8-7-11-14(15)13-9-5-6-10-13;1-14(2,15)13-10-6-5-9-12(13)11-7-3-4-8-11;1-11(2,13-10(14)17-3)8-6-4-5-7-9(8)12(15)16;6-5-3-1-2-4-5;4*1-4(6)5(2)3;15*1-2/h4-8,10-11H,9H2,1-3H3,(H,17,18);5-9,11-12H,10H2,1-4H3;3-7,9-10H,8,15H2,1-2H3;4-7,15-16H,1-3H3,(H,13,14);1-3H,4H2;4*1-3H3;14*1-2H3;. The second-order valence-electron chi connectivity index (χ2n) is 26.1. The van der Waals surface area contributed by atoms with E-state index >= 15 is 0 Å². The molecular weight excluding hydrogens is 1890 g/mol. The molecule has 6 amide bonds. The molecule has 6 N–H and O–H groups in total. The third kappa shape index (κ3) is 83.4. The quantitative estimate of drug-likeness (QED) is 0.0698. The fourth-order valence-electron chi connectivity index (χ4n) is 8.57. The molecule has 0 heterocycles. The van der Waals surface area contributed by atoms with E-state index in [-0.39, 0.29) is 34.7 Å². The van der Waals surface area contributed by atoms with Crippen LogP contribution < -0.4 is 21.8 Å². The van der Waals surface area contributed by atoms with Gasteiger partial charge in [0.1, 0.15) is 0 Å². The fraction of sp³-hybridized carbons (Fsp3) is 0.566. The number of carbonyl (C=O) groups excluding carboxylic acids is 6. The zero-order chi connectivity index (χ0) is 105. The number of rotatable bonds is 11. The maximum absolute atomic E-state index is 11.5. The maximum atomic E-state index is 11.5. The number of methoxy groups -OCH3 is 2. The monoisotopic (exact) mass is 2090 g/mol. The highest BCUT2D eigenvalue weighted by Crippen LogP contribution is 2.36. The van der Waals surface area contributed by atoms with Gasteiger partial charge in [-0.3, -0.25) is 19.2 Å². The molecule has 0 saturated heterocycles. The largest absolute Gasteiger partial charge is 0.488 e. The third-order valence-electron chi connectivity index (χ3n) is 15.6. The molecule has 0 radical (unpaired) electrons. The van der Waals surface area contributed by atoms with Gasteiger partial charge in [0.15, 0.2) is 0 Å². The van der Waals surface area contributed by atoms with Crippen molar-refractivity contribution in [3.8, 4) is 0 Å². The van der Waals surface area contributed by atoms with Crippen molar-refractivity contribution in [2.75, 3.05) is 84.7 Å². The minimum Gasteiger partial charge on any atom is -0.453 e. The molecule has 22 heteroatoms. The van der Waals surface area contributed by atoms with Gasteiger partial charge in [-0.15, -0.1) is 0 Å². The van der Waals surface area contributed by atoms with Crippen LogP contribution in [0.15, 0.2) is 174 Å². The Morgan fingerprint density at radius 1 is 0.359 bits per heavy atom. The lowest BCUT2D eigenvalue weighted by atomic mass is 9.72. The van der Waals surface area contributed by atoms with Gasteiger partial charge in [-0.1, -0.05) is 380 Å². The van der Waals surface area contributed by atoms with E-state index < -0.39 is 30.4 Å². The summed E-state index contributed by atoms with van der Waals surface area (Å²) < 4.78 is 10.5. The molecule has 128 heavy (non-hydrogen) atoms. The number of amides is 6. The van der Waals surface area contributed by atoms with Crippen molar-refractivity contribution >= 4 is 118 Å². The van der Waals surface area contributed by atoms with Crippen molar-refractivity contribution in [2.45, 2.75) is 325 Å². The first kappa shape index (κ1) is 158. The van der Waals surface area contributed by atoms with Gasteiger partial charge in [0.2, 0.25) is 23.6 Å². The Morgan fingerprint density at radius 3 is 0.773 bits per heavy atom. The van der Waals surface area contributed by atoms with Gasteiger partial charge < -0.3 is 60.4 Å². The number of hydrogen-bond donors (Lipinski definition) is 5. The van der Waals surface area contributed by atoms with Crippen molar-refractivity contribution < 1.29 is 48.3 Å². The summed E-state index contributed by atoms with van der Waals surface area (Å²) >= 11 is 7.58. The Balaban J connectivity index is -0.0000000778. The molecule has 4 aromatic rings. The lowest BCUT2D eigenvalue weighted by Crippen LogP contribution is -2.47. The molecule has 4 aliphatic carbocycles. The van der Waals surface area contributed by atoms with E-state index in [4.69, 9.17) is 10.5 Å². The average molecular weight is 2090 g/mol. The molecule has 746 valence electrons. The predicted octanol–water partition coefficient (Wildman–Crippen LogP) is 29.4. The Bertz CT molecular complexity index is 3410. The number of nitrogens with two attached hydrogens (primary N) is 1. The zero-order valence-electron chi connectivity index (χ0n) is 91.7. The van der Waals surface area contributed by atoms with E-state index in [1.165, 1.54) is 111 Å². The molecule has 4 aromatic carbocycles. The van der Waals surface area contributed by atoms with Crippen LogP contribution >= 0.6 is 53.2 Å². The summed E-state index contributed by atoms with van der Waals surface area (Å²) in [5.41, 5.74) is 17.3. The van der Waals surface area contributed by atoms with Gasteiger partial charge in [0.05, 0.1) is 25.3 Å². The number of carbonyl (C=O) groups is 6. The number of halogens is 3. The lowest BCUT2D eigenvalue weighted by molar-refractivity contribution is -0.127. The van der Waals surface area contributed by atoms with Crippen molar-refractivity contribution in [3.05, 3.63) is 213 Å². The summed E-state index contributed by atoms with van der Waals surface area (Å²) in [6.07, 6.45) is 28.7. The highest BCUT2D eigenvalue weighted by Gasteiger charge is 2.31. The van der Waals surface area contributed by atoms with E-state index in [1.807, 2.05) is 232 Å². The normalized spacial score (nSPS) is 10.5. The number of benzene rings is 4. The summed E-state index contributed by atoms with van der Waals surface area (Å²) in [5, 5.41) is 24.1. The molecule has 0 unspecified atom stereocenters. The number of ether oxygens (including phenoxy) is 2. The van der Waals surface area contributed by atoms with Gasteiger partial charge >= 0.3 is 19.3 Å². The molecule has 0 saturated carbocycles. The number of nitrogens with one attached hydrogen (secondary N) is 2. The van der Waals surface area contributed by atoms with E-state index in [1.54, 1.807) is 94.5 Å². The molecule has 0 spiro atoms. The average Bonchev–Trinajstić information content (AvgIpc) is 1.16. The van der Waals surface area contributed by atoms with Crippen LogP contribution in [0.1, 0.15) is 342 Å². The smallest absolute Gasteiger partial charge is 0.453 e. The van der Waals surface area contributed by atoms with Crippen LogP contribution in [-0.4, -0.2) is 162 Å². The highest BCUT2D eigenvalue weighted by atomic mass is 128. The summed E-state index contributed by atoms with van der Waals surface area (Å²) in [5.74, 6) is 0.370. The van der Waals surface area contributed by atoms with Crippen LogP contribution in [0, 0.1) is 0 Å². The minimum atomic E-state index is -1.58. The van der Waals surface area contributed by atoms with Crippen LogP contribution in [0.25, 0.3) is 16.7 Å². The van der Waals surface area contributed by atoms with Gasteiger partial charge in [0.25, 0.3) is 0 Å². The van der Waals surface area contributed by atoms with Gasteiger partial charge in [-0.25, -0.2) is 9.59 Å². The van der Waals surface area contributed by atoms with Gasteiger partial charge in [0, 0.05) is 132 Å². The zero-order valence-corrected chi connectivity index (χ0v) is 97.6. The maximum Gasteiger partial charge on any atom is 0.488 e. The molecule has 8 rings (SSSR count). The number of nitrogens with zero attached hydrogens (tertiary/aromatic N) is 5. The minimum absolute atomic E-state index is 0.0556. The van der Waals surface area contributed by atoms with E-state index in [9.17, 15) is 38.8 Å². The lowest BCUT2D eigenvalue weighted by Gasteiger charge is -2.35. The fourth-order valence-corrected chi connectivity index (χ4v) is 8.91. The first-order chi connectivity index (χ1) is 60.5. The Hall–Kier alpha value is -6.94. The number of allylic oxidation sites excluding steroid dienone is 16. The third-order valence-corrected chi connectivity index (χ3v) is 16.2. The highest BCUT2D eigenvalue weighted by molar-refractivity contribution is 15.0. The van der Waals surface area contributed by atoms with E-state index in [0.29, 0.717) is 11.0 Å². The van der Waals surface area contributed by atoms with Crippen LogP contribution in [0.4, 0.5) is 9.59 Å². The Morgan fingerprint density at radius 2 is 0.570 bits per heavy atom. The topological polar surface area (TPSA) is 228 Å². The number of hydrogen-bond acceptors (Lipinski definition) is 12. The molecular formula is C106H198BBrI2N8O10. The van der Waals surface area contributed by atoms with Gasteiger partial charge in [-0.05, 0) is 161 Å². The molecule has 0 bridgehead atoms. The molecule has 0 aliphatic heterocycles. The van der Waals surface area contributed by atoms with Crippen molar-refractivity contribution in [1.82, 2.24) is 35.1 Å². The first-order valence-electron chi connectivity index (χ1n) is 46.4. The summed E-state index contributed by atoms with van der Waals surface area (Å²) in [6.45, 7) is 78.2. The van der Waals surface area contributed by atoms with Crippen LogP contribution in [-0.2, 0) is 50.8 Å². The number of alkyl carbamates (subject to hydrolysis) is 2. The van der Waals surface area contributed by atoms with Crippen LogP contribution in [0.3, 0.4) is 0 Å². The predicted molar refractivity (Wildman–Crippen MR) is 597 cm³/mol. The second kappa shape index (κ2) is 109. The Labute approximate surface area is 823 Å². The molecule has 0 atom stereocenters. The molecule has 18 nitrogen and oxygen atoms in total. The summed E-state index contributed by atoms with van der Waals surface area (Å²) in [6, 6.07) is 32.1. The Kier molecular flexibility index (Phi) is 134. The molecule has 0 fully saturated rings. The van der Waals surface area contributed by atoms with Gasteiger partial charge in [-0.2, -0.15) is 0 Å². The van der Waals surface area contributed by atoms with Crippen molar-refractivity contribution in [1.29, 1.82) is 0 Å². The van der Waals surface area contributed by atoms with Crippen LogP contribution in [0.2, 0.25) is 0 Å². The van der Waals surface area contributed by atoms with Crippen molar-refractivity contribution in [2.24, 2.45) is 5.73 Å². The van der Waals surface area contributed by atoms with E-state index in [0.717, 1.165) is 31.2 Å². The van der Waals surface area contributed by atoms with Crippen molar-refractivity contribution in [3.63, 3.8) is 0 Å².